The number of aromatic nitrogens is 2. The molecule has 0 unspecified atom stereocenters. The molecule has 0 spiro atoms. The van der Waals surface area contributed by atoms with Crippen molar-refractivity contribution in [3.63, 3.8) is 0 Å². The van der Waals surface area contributed by atoms with Gasteiger partial charge in [0.2, 0.25) is 5.89 Å². The maximum absolute atomic E-state index is 13.5. The highest BCUT2D eigenvalue weighted by atomic mass is 19.1. The monoisotopic (exact) mass is 251 g/mol. The van der Waals surface area contributed by atoms with Crippen molar-refractivity contribution in [1.29, 1.82) is 0 Å². The molecule has 0 fully saturated rings. The lowest BCUT2D eigenvalue weighted by atomic mass is 10.2. The van der Waals surface area contributed by atoms with Crippen LogP contribution in [0, 0.1) is 5.82 Å². The molecule has 1 aromatic carbocycles. The molecule has 1 heterocycles. The topological polar surface area (TPSA) is 88.2 Å². The molecule has 2 N–H and O–H groups in total. The smallest absolute Gasteiger partial charge is 0.335 e. The van der Waals surface area contributed by atoms with Crippen LogP contribution < -0.4 is 5.32 Å². The second kappa shape index (κ2) is 5.26. The molecule has 0 aliphatic heterocycles. The van der Waals surface area contributed by atoms with Crippen LogP contribution in [0.4, 0.5) is 10.1 Å². The average molecular weight is 251 g/mol. The largest absolute Gasteiger partial charge is 0.478 e. The van der Waals surface area contributed by atoms with E-state index in [1.54, 1.807) is 0 Å². The second-order valence-electron chi connectivity index (χ2n) is 3.51. The van der Waals surface area contributed by atoms with Gasteiger partial charge in [0.1, 0.15) is 5.82 Å². The molecule has 0 radical (unpaired) electrons. The number of nitrogens with zero attached hydrogens (tertiary/aromatic N) is 2. The highest BCUT2D eigenvalue weighted by molar-refractivity contribution is 5.88. The van der Waals surface area contributed by atoms with Crippen molar-refractivity contribution in [3.05, 3.63) is 41.8 Å². The third-order valence-electron chi connectivity index (χ3n) is 2.28. The molecule has 6 nitrogen and oxygen atoms in total. The van der Waals surface area contributed by atoms with E-state index in [0.717, 1.165) is 6.07 Å². The zero-order valence-electron chi connectivity index (χ0n) is 9.26. The Hall–Kier alpha value is -2.44. The Kier molecular flexibility index (Phi) is 3.52. The summed E-state index contributed by atoms with van der Waals surface area (Å²) < 4.78 is 18.3. The molecule has 0 amide bonds. The molecule has 0 saturated carbocycles. The first kappa shape index (κ1) is 12.0. The molecule has 0 aliphatic carbocycles. The molecule has 0 aliphatic rings. The normalized spacial score (nSPS) is 10.3. The number of rotatable bonds is 5. The van der Waals surface area contributed by atoms with Gasteiger partial charge in [0.15, 0.2) is 6.33 Å². The fraction of sp³-hybridized carbons (Fsp3) is 0.182. The van der Waals surface area contributed by atoms with Gasteiger partial charge in [0.25, 0.3) is 0 Å². The molecule has 1 aromatic heterocycles. The van der Waals surface area contributed by atoms with Gasteiger partial charge in [-0.1, -0.05) is 5.16 Å². The van der Waals surface area contributed by atoms with Gasteiger partial charge in [-0.3, -0.25) is 0 Å². The van der Waals surface area contributed by atoms with Gasteiger partial charge < -0.3 is 14.9 Å². The number of carboxylic acids is 1. The number of anilines is 1. The van der Waals surface area contributed by atoms with Crippen LogP contribution in [0.1, 0.15) is 16.2 Å². The van der Waals surface area contributed by atoms with Crippen molar-refractivity contribution >= 4 is 11.7 Å². The van der Waals surface area contributed by atoms with E-state index in [0.29, 0.717) is 18.9 Å². The van der Waals surface area contributed by atoms with E-state index in [1.165, 1.54) is 18.5 Å². The highest BCUT2D eigenvalue weighted by Gasteiger charge is 2.08. The lowest BCUT2D eigenvalue weighted by Crippen LogP contribution is -2.07. The van der Waals surface area contributed by atoms with Gasteiger partial charge in [0, 0.05) is 13.0 Å². The molecule has 0 saturated heterocycles. The predicted molar refractivity (Wildman–Crippen MR) is 59.9 cm³/mol. The minimum absolute atomic E-state index is 0.0880. The van der Waals surface area contributed by atoms with E-state index >= 15 is 0 Å². The van der Waals surface area contributed by atoms with E-state index < -0.39 is 11.8 Å². The van der Waals surface area contributed by atoms with Crippen LogP contribution in [0.25, 0.3) is 0 Å². The molecular weight excluding hydrogens is 241 g/mol. The van der Waals surface area contributed by atoms with Crippen molar-refractivity contribution in [2.75, 3.05) is 11.9 Å². The number of aromatic carboxylic acids is 1. The summed E-state index contributed by atoms with van der Waals surface area (Å²) in [6.45, 7) is 0.408. The second-order valence-corrected chi connectivity index (χ2v) is 3.51. The molecule has 18 heavy (non-hydrogen) atoms. The summed E-state index contributed by atoms with van der Waals surface area (Å²) in [6.07, 6.45) is 1.75. The molecule has 2 aromatic rings. The first-order valence-electron chi connectivity index (χ1n) is 5.19. The lowest BCUT2D eigenvalue weighted by molar-refractivity contribution is 0.0696. The standard InChI is InChI=1S/C11H10FN3O3/c12-8-5-7(11(16)17)1-2-9(8)13-4-3-10-14-6-15-18-10/h1-2,5-6,13H,3-4H2,(H,16,17). The van der Waals surface area contributed by atoms with Crippen LogP contribution in [-0.2, 0) is 6.42 Å². The van der Waals surface area contributed by atoms with Gasteiger partial charge in [-0.25, -0.2) is 9.18 Å². The van der Waals surface area contributed by atoms with Crippen LogP contribution in [0.5, 0.6) is 0 Å². The summed E-state index contributed by atoms with van der Waals surface area (Å²) in [4.78, 5) is 14.4. The van der Waals surface area contributed by atoms with E-state index in [1.807, 2.05) is 0 Å². The molecule has 2 rings (SSSR count). The number of benzene rings is 1. The fourth-order valence-electron chi connectivity index (χ4n) is 1.40. The zero-order chi connectivity index (χ0) is 13.0. The molecule has 0 bridgehead atoms. The molecule has 94 valence electrons. The van der Waals surface area contributed by atoms with E-state index in [4.69, 9.17) is 9.63 Å². The SMILES string of the molecule is O=C(O)c1ccc(NCCc2ncno2)c(F)c1. The zero-order valence-corrected chi connectivity index (χ0v) is 9.26. The van der Waals surface area contributed by atoms with Crippen molar-refractivity contribution in [2.24, 2.45) is 0 Å². The predicted octanol–water partition coefficient (Wildman–Crippen LogP) is 1.56. The Morgan fingerprint density at radius 1 is 1.50 bits per heavy atom. The van der Waals surface area contributed by atoms with Gasteiger partial charge in [-0.05, 0) is 18.2 Å². The number of hydrogen-bond acceptors (Lipinski definition) is 5. The Labute approximate surface area is 101 Å². The van der Waals surface area contributed by atoms with Crippen LogP contribution in [0.3, 0.4) is 0 Å². The molecule has 7 heteroatoms. The Balaban J connectivity index is 1.95. The quantitative estimate of drug-likeness (QED) is 0.838. The fourth-order valence-corrected chi connectivity index (χ4v) is 1.40. The number of nitrogens with one attached hydrogen (secondary N) is 1. The van der Waals surface area contributed by atoms with E-state index in [-0.39, 0.29) is 11.3 Å². The highest BCUT2D eigenvalue weighted by Crippen LogP contribution is 2.15. The summed E-state index contributed by atoms with van der Waals surface area (Å²) in [6, 6.07) is 3.68. The minimum Gasteiger partial charge on any atom is -0.478 e. The van der Waals surface area contributed by atoms with Gasteiger partial charge >= 0.3 is 5.97 Å². The van der Waals surface area contributed by atoms with Gasteiger partial charge in [-0.15, -0.1) is 0 Å². The van der Waals surface area contributed by atoms with E-state index in [2.05, 4.69) is 15.5 Å². The molecular formula is C11H10FN3O3. The maximum atomic E-state index is 13.5. The average Bonchev–Trinajstić information content (AvgIpc) is 2.84. The Morgan fingerprint density at radius 3 is 2.94 bits per heavy atom. The third kappa shape index (κ3) is 2.82. The van der Waals surface area contributed by atoms with Crippen molar-refractivity contribution in [1.82, 2.24) is 10.1 Å². The number of carboxylic acid groups (broad SMARTS) is 1. The number of carbonyl (C=O) groups is 1. The first-order chi connectivity index (χ1) is 8.66. The maximum Gasteiger partial charge on any atom is 0.335 e. The van der Waals surface area contributed by atoms with Gasteiger partial charge in [-0.2, -0.15) is 4.98 Å². The molecule has 0 atom stereocenters. The van der Waals surface area contributed by atoms with Crippen LogP contribution >= 0.6 is 0 Å². The van der Waals surface area contributed by atoms with Crippen molar-refractivity contribution < 1.29 is 18.8 Å². The summed E-state index contributed by atoms with van der Waals surface area (Å²) in [7, 11) is 0. The Bertz CT molecular complexity index is 542. The van der Waals surface area contributed by atoms with Gasteiger partial charge in [0.05, 0.1) is 11.3 Å². The van der Waals surface area contributed by atoms with Crippen molar-refractivity contribution in [2.45, 2.75) is 6.42 Å². The summed E-state index contributed by atoms with van der Waals surface area (Å²) in [5, 5.41) is 15.0. The number of halogens is 1. The third-order valence-corrected chi connectivity index (χ3v) is 2.28. The summed E-state index contributed by atoms with van der Waals surface area (Å²) >= 11 is 0. The van der Waals surface area contributed by atoms with Crippen LogP contribution in [0.2, 0.25) is 0 Å². The minimum atomic E-state index is -1.16. The summed E-state index contributed by atoms with van der Waals surface area (Å²) in [5.74, 6) is -1.32. The van der Waals surface area contributed by atoms with Crippen molar-refractivity contribution in [3.8, 4) is 0 Å². The van der Waals surface area contributed by atoms with E-state index in [9.17, 15) is 9.18 Å². The summed E-state index contributed by atoms with van der Waals surface area (Å²) in [5.41, 5.74) is 0.148. The number of hydrogen-bond donors (Lipinski definition) is 2. The Morgan fingerprint density at radius 2 is 2.33 bits per heavy atom. The first-order valence-corrected chi connectivity index (χ1v) is 5.19. The van der Waals surface area contributed by atoms with Crippen LogP contribution in [-0.4, -0.2) is 27.8 Å². The van der Waals surface area contributed by atoms with Crippen LogP contribution in [0.15, 0.2) is 29.0 Å². The lowest BCUT2D eigenvalue weighted by Gasteiger charge is -2.06.